The van der Waals surface area contributed by atoms with Gasteiger partial charge in [0.05, 0.1) is 25.7 Å². The van der Waals surface area contributed by atoms with Gasteiger partial charge < -0.3 is 23.7 Å². The van der Waals surface area contributed by atoms with E-state index in [-0.39, 0.29) is 22.8 Å². The molecule has 0 bridgehead atoms. The number of phenolic OH excluding ortho intramolecular Hbond substituents is 1. The molecule has 1 aliphatic rings. The Morgan fingerprint density at radius 3 is 2.62 bits per heavy atom. The van der Waals surface area contributed by atoms with Crippen LogP contribution in [0.4, 0.5) is 0 Å². The molecule has 2 atom stereocenters. The molecule has 0 saturated carbocycles. The number of aromatic hydroxyl groups is 1. The Morgan fingerprint density at radius 1 is 1.25 bits per heavy atom. The summed E-state index contributed by atoms with van der Waals surface area (Å²) in [4.78, 5) is 24.4. The summed E-state index contributed by atoms with van der Waals surface area (Å²) in [6, 6.07) is 6.18. The third kappa shape index (κ3) is 2.47. The SMILES string of the molecule is COC(=O)[C@@H]1Oc2cc(C)oc(=O)c2[C@@H]1c1ccc(OC)c(O)c1. The zero-order chi connectivity index (χ0) is 17.4. The van der Waals surface area contributed by atoms with Gasteiger partial charge in [0.25, 0.3) is 0 Å². The van der Waals surface area contributed by atoms with Crippen LogP contribution in [0.1, 0.15) is 22.8 Å². The Kier molecular flexibility index (Phi) is 3.92. The van der Waals surface area contributed by atoms with Crippen molar-refractivity contribution in [2.24, 2.45) is 0 Å². The van der Waals surface area contributed by atoms with Crippen LogP contribution >= 0.6 is 0 Å². The standard InChI is InChI=1S/C17H16O7/c1-8-6-12-14(16(19)23-8)13(15(24-12)17(20)22-3)9-4-5-11(21-2)10(18)7-9/h4-7,13,15,18H,1-3H3/t13-,15+/m0/s1. The first kappa shape index (κ1) is 15.9. The minimum Gasteiger partial charge on any atom is -0.504 e. The molecule has 0 spiro atoms. The number of methoxy groups -OCH3 is 2. The average Bonchev–Trinajstić information content (AvgIpc) is 2.93. The number of esters is 1. The van der Waals surface area contributed by atoms with E-state index in [1.165, 1.54) is 20.3 Å². The molecule has 0 aliphatic carbocycles. The summed E-state index contributed by atoms with van der Waals surface area (Å²) in [7, 11) is 2.67. The number of aryl methyl sites for hydroxylation is 1. The number of carbonyl (C=O) groups is 1. The van der Waals surface area contributed by atoms with E-state index in [4.69, 9.17) is 18.6 Å². The fourth-order valence-electron chi connectivity index (χ4n) is 2.87. The number of ether oxygens (including phenoxy) is 3. The first-order valence-electron chi connectivity index (χ1n) is 7.22. The quantitative estimate of drug-likeness (QED) is 0.855. The molecule has 1 aromatic carbocycles. The third-order valence-corrected chi connectivity index (χ3v) is 3.94. The van der Waals surface area contributed by atoms with E-state index in [2.05, 4.69) is 0 Å². The minimum absolute atomic E-state index is 0.108. The van der Waals surface area contributed by atoms with Crippen molar-refractivity contribution in [3.63, 3.8) is 0 Å². The monoisotopic (exact) mass is 332 g/mol. The highest BCUT2D eigenvalue weighted by Crippen LogP contribution is 2.43. The maximum atomic E-state index is 12.3. The number of hydrogen-bond donors (Lipinski definition) is 1. The second kappa shape index (κ2) is 5.92. The average molecular weight is 332 g/mol. The van der Waals surface area contributed by atoms with Crippen LogP contribution in [0.5, 0.6) is 17.2 Å². The number of benzene rings is 1. The molecule has 0 saturated heterocycles. The number of phenols is 1. The molecule has 126 valence electrons. The van der Waals surface area contributed by atoms with Crippen molar-refractivity contribution >= 4 is 5.97 Å². The van der Waals surface area contributed by atoms with Crippen molar-refractivity contribution < 1.29 is 28.5 Å². The van der Waals surface area contributed by atoms with E-state index >= 15 is 0 Å². The molecule has 2 aromatic rings. The first-order valence-corrected chi connectivity index (χ1v) is 7.22. The zero-order valence-electron chi connectivity index (χ0n) is 13.4. The van der Waals surface area contributed by atoms with Gasteiger partial charge in [-0.2, -0.15) is 0 Å². The Labute approximate surface area is 137 Å². The van der Waals surface area contributed by atoms with Gasteiger partial charge in [0.2, 0.25) is 6.10 Å². The molecule has 1 N–H and O–H groups in total. The van der Waals surface area contributed by atoms with Gasteiger partial charge in [-0.25, -0.2) is 9.59 Å². The summed E-state index contributed by atoms with van der Waals surface area (Å²) >= 11 is 0. The van der Waals surface area contributed by atoms with Crippen LogP contribution in [-0.4, -0.2) is 31.4 Å². The topological polar surface area (TPSA) is 95.2 Å². The van der Waals surface area contributed by atoms with Crippen LogP contribution < -0.4 is 15.1 Å². The summed E-state index contributed by atoms with van der Waals surface area (Å²) in [6.07, 6.45) is -1.04. The fraction of sp³-hybridized carbons (Fsp3) is 0.294. The Balaban J connectivity index is 2.17. The van der Waals surface area contributed by atoms with Crippen molar-refractivity contribution in [1.82, 2.24) is 0 Å². The van der Waals surface area contributed by atoms with Crippen molar-refractivity contribution in [3.05, 3.63) is 51.6 Å². The van der Waals surface area contributed by atoms with Crippen LogP contribution in [-0.2, 0) is 9.53 Å². The fourth-order valence-corrected chi connectivity index (χ4v) is 2.87. The highest BCUT2D eigenvalue weighted by atomic mass is 16.6. The maximum Gasteiger partial charge on any atom is 0.348 e. The molecule has 0 unspecified atom stereocenters. The summed E-state index contributed by atoms with van der Waals surface area (Å²) < 4.78 is 20.6. The van der Waals surface area contributed by atoms with E-state index in [1.54, 1.807) is 25.1 Å². The normalized spacial score (nSPS) is 18.6. The van der Waals surface area contributed by atoms with Crippen LogP contribution in [0.25, 0.3) is 0 Å². The molecule has 2 heterocycles. The lowest BCUT2D eigenvalue weighted by atomic mass is 9.88. The number of rotatable bonds is 3. The van der Waals surface area contributed by atoms with E-state index in [9.17, 15) is 14.7 Å². The van der Waals surface area contributed by atoms with E-state index in [0.29, 0.717) is 11.3 Å². The minimum atomic E-state index is -1.04. The molecular weight excluding hydrogens is 316 g/mol. The molecule has 3 rings (SSSR count). The Hall–Kier alpha value is -2.96. The number of fused-ring (bicyclic) bond motifs is 1. The van der Waals surface area contributed by atoms with Crippen molar-refractivity contribution in [1.29, 1.82) is 0 Å². The molecule has 0 fully saturated rings. The smallest absolute Gasteiger partial charge is 0.348 e. The molecule has 1 aromatic heterocycles. The number of hydrogen-bond acceptors (Lipinski definition) is 7. The van der Waals surface area contributed by atoms with Gasteiger partial charge in [-0.05, 0) is 24.6 Å². The predicted octanol–water partition coefficient (Wildman–Crippen LogP) is 1.73. The second-order valence-corrected chi connectivity index (χ2v) is 5.39. The van der Waals surface area contributed by atoms with Gasteiger partial charge >= 0.3 is 11.6 Å². The first-order chi connectivity index (χ1) is 11.5. The van der Waals surface area contributed by atoms with Crippen molar-refractivity contribution in [2.75, 3.05) is 14.2 Å². The lowest BCUT2D eigenvalue weighted by Gasteiger charge is -2.17. The molecule has 24 heavy (non-hydrogen) atoms. The largest absolute Gasteiger partial charge is 0.504 e. The van der Waals surface area contributed by atoms with Gasteiger partial charge in [0.15, 0.2) is 11.5 Å². The van der Waals surface area contributed by atoms with Gasteiger partial charge in [0, 0.05) is 6.07 Å². The molecule has 1 aliphatic heterocycles. The van der Waals surface area contributed by atoms with E-state index < -0.39 is 23.6 Å². The van der Waals surface area contributed by atoms with Gasteiger partial charge in [0.1, 0.15) is 11.5 Å². The zero-order valence-corrected chi connectivity index (χ0v) is 13.4. The van der Waals surface area contributed by atoms with Crippen LogP contribution in [0.2, 0.25) is 0 Å². The summed E-state index contributed by atoms with van der Waals surface area (Å²) in [5, 5.41) is 10.0. The molecular formula is C17H16O7. The van der Waals surface area contributed by atoms with Crippen molar-refractivity contribution in [2.45, 2.75) is 18.9 Å². The molecule has 7 nitrogen and oxygen atoms in total. The van der Waals surface area contributed by atoms with Crippen molar-refractivity contribution in [3.8, 4) is 17.2 Å². The summed E-state index contributed by atoms with van der Waals surface area (Å²) in [6.45, 7) is 1.62. The number of carbonyl (C=O) groups excluding carboxylic acids is 1. The van der Waals surface area contributed by atoms with Gasteiger partial charge in [-0.3, -0.25) is 0 Å². The van der Waals surface area contributed by atoms with Crippen LogP contribution in [0.15, 0.2) is 33.5 Å². The lowest BCUT2D eigenvalue weighted by molar-refractivity contribution is -0.148. The maximum absolute atomic E-state index is 12.3. The molecule has 0 radical (unpaired) electrons. The van der Waals surface area contributed by atoms with Gasteiger partial charge in [-0.1, -0.05) is 6.07 Å². The summed E-state index contributed by atoms with van der Waals surface area (Å²) in [5.74, 6) is -0.545. The van der Waals surface area contributed by atoms with Crippen LogP contribution in [0.3, 0.4) is 0 Å². The highest BCUT2D eigenvalue weighted by molar-refractivity contribution is 5.79. The van der Waals surface area contributed by atoms with E-state index in [0.717, 1.165) is 0 Å². The Morgan fingerprint density at radius 2 is 2.00 bits per heavy atom. The predicted molar refractivity (Wildman–Crippen MR) is 82.6 cm³/mol. The third-order valence-electron chi connectivity index (χ3n) is 3.94. The molecule has 7 heteroatoms. The van der Waals surface area contributed by atoms with Crippen LogP contribution in [0, 0.1) is 6.92 Å². The highest BCUT2D eigenvalue weighted by Gasteiger charge is 2.44. The second-order valence-electron chi connectivity index (χ2n) is 5.39. The van der Waals surface area contributed by atoms with Gasteiger partial charge in [-0.15, -0.1) is 0 Å². The van der Waals surface area contributed by atoms with E-state index in [1.807, 2.05) is 0 Å². The lowest BCUT2D eigenvalue weighted by Crippen LogP contribution is -2.31. The summed E-state index contributed by atoms with van der Waals surface area (Å²) in [5.41, 5.74) is 0.149. The Bertz CT molecular complexity index is 853. The molecule has 0 amide bonds.